The van der Waals surface area contributed by atoms with E-state index in [2.05, 4.69) is 15.3 Å². The molecule has 0 fully saturated rings. The summed E-state index contributed by atoms with van der Waals surface area (Å²) in [5.41, 5.74) is 2.08. The number of rotatable bonds is 7. The Balaban J connectivity index is 2.05. The molecule has 0 atom stereocenters. The normalized spacial score (nSPS) is 12.3. The van der Waals surface area contributed by atoms with Crippen molar-refractivity contribution < 1.29 is 40.2 Å². The average Bonchev–Trinajstić information content (AvgIpc) is 2.72. The SMILES string of the molecule is COCCOc1cc2c(NCc3cc(N)cc(C(F)(F)F)c3F)nc(C)nc2cc1C(F)(F)F. The molecule has 3 rings (SSSR count). The summed E-state index contributed by atoms with van der Waals surface area (Å²) in [4.78, 5) is 8.12. The largest absolute Gasteiger partial charge is 0.491 e. The van der Waals surface area contributed by atoms with E-state index in [1.54, 1.807) is 0 Å². The van der Waals surface area contributed by atoms with Gasteiger partial charge in [-0.3, -0.25) is 0 Å². The number of aryl methyl sites for hydroxylation is 1. The molecule has 184 valence electrons. The van der Waals surface area contributed by atoms with Crippen LogP contribution in [0.2, 0.25) is 0 Å². The van der Waals surface area contributed by atoms with Crippen LogP contribution in [0.3, 0.4) is 0 Å². The summed E-state index contributed by atoms with van der Waals surface area (Å²) in [5.74, 6) is -1.97. The number of halogens is 7. The van der Waals surface area contributed by atoms with Gasteiger partial charge in [0.05, 0.1) is 23.3 Å². The predicted molar refractivity (Wildman–Crippen MR) is 110 cm³/mol. The van der Waals surface area contributed by atoms with Crippen molar-refractivity contribution >= 4 is 22.4 Å². The van der Waals surface area contributed by atoms with Gasteiger partial charge in [-0.2, -0.15) is 26.3 Å². The van der Waals surface area contributed by atoms with Gasteiger partial charge in [-0.05, 0) is 31.2 Å². The number of alkyl halides is 6. The number of fused-ring (bicyclic) bond motifs is 1. The summed E-state index contributed by atoms with van der Waals surface area (Å²) < 4.78 is 104. The molecule has 2 aromatic carbocycles. The van der Waals surface area contributed by atoms with E-state index < -0.39 is 47.2 Å². The number of benzene rings is 2. The Hall–Kier alpha value is -3.35. The second-order valence-corrected chi connectivity index (χ2v) is 7.22. The molecule has 1 aromatic heterocycles. The number of anilines is 2. The molecule has 13 heteroatoms. The van der Waals surface area contributed by atoms with Gasteiger partial charge in [-0.15, -0.1) is 0 Å². The van der Waals surface area contributed by atoms with Crippen molar-refractivity contribution in [2.24, 2.45) is 0 Å². The highest BCUT2D eigenvalue weighted by molar-refractivity contribution is 5.91. The van der Waals surface area contributed by atoms with E-state index in [0.717, 1.165) is 18.2 Å². The fourth-order valence-electron chi connectivity index (χ4n) is 3.21. The highest BCUT2D eigenvalue weighted by atomic mass is 19.4. The van der Waals surface area contributed by atoms with Crippen LogP contribution in [0.15, 0.2) is 24.3 Å². The fraction of sp³-hybridized carbons (Fsp3) is 0.333. The van der Waals surface area contributed by atoms with E-state index in [-0.39, 0.29) is 41.4 Å². The molecule has 0 aliphatic carbocycles. The van der Waals surface area contributed by atoms with Crippen molar-refractivity contribution in [3.8, 4) is 5.75 Å². The number of hydrogen-bond acceptors (Lipinski definition) is 6. The molecule has 3 aromatic rings. The molecule has 0 aliphatic heterocycles. The Morgan fingerprint density at radius 2 is 1.62 bits per heavy atom. The lowest BCUT2D eigenvalue weighted by Gasteiger charge is -2.17. The van der Waals surface area contributed by atoms with Crippen molar-refractivity contribution in [1.29, 1.82) is 0 Å². The number of methoxy groups -OCH3 is 1. The van der Waals surface area contributed by atoms with Crippen LogP contribution in [0.25, 0.3) is 10.9 Å². The summed E-state index contributed by atoms with van der Waals surface area (Å²) in [7, 11) is 1.35. The minimum atomic E-state index is -4.96. The summed E-state index contributed by atoms with van der Waals surface area (Å²) in [6.45, 7) is 0.798. The Morgan fingerprint density at radius 1 is 0.941 bits per heavy atom. The predicted octanol–water partition coefficient (Wildman–Crippen LogP) is 5.33. The third kappa shape index (κ3) is 5.58. The highest BCUT2D eigenvalue weighted by Gasteiger charge is 2.36. The molecule has 0 saturated heterocycles. The Bertz CT molecular complexity index is 1200. The summed E-state index contributed by atoms with van der Waals surface area (Å²) in [6, 6.07) is 3.34. The first-order chi connectivity index (χ1) is 15.8. The topological polar surface area (TPSA) is 82.3 Å². The Morgan fingerprint density at radius 3 is 2.24 bits per heavy atom. The van der Waals surface area contributed by atoms with Crippen LogP contribution in [0.5, 0.6) is 5.75 Å². The average molecular weight is 492 g/mol. The standard InChI is InChI=1S/C21H19F7N4O2/c1-10-31-16-8-14(20(23,24)25)17(34-4-3-33-2)7-13(16)19(32-10)30-9-11-5-12(29)6-15(18(11)22)21(26,27)28/h5-8H,3-4,9,29H2,1-2H3,(H,30,31,32). The van der Waals surface area contributed by atoms with Crippen LogP contribution >= 0.6 is 0 Å². The second kappa shape index (κ2) is 9.49. The molecular formula is C21H19F7N4O2. The van der Waals surface area contributed by atoms with Gasteiger partial charge in [0.25, 0.3) is 0 Å². The maximum Gasteiger partial charge on any atom is 0.420 e. The van der Waals surface area contributed by atoms with Crippen LogP contribution in [-0.4, -0.2) is 30.3 Å². The van der Waals surface area contributed by atoms with Gasteiger partial charge in [0.2, 0.25) is 0 Å². The maximum absolute atomic E-state index is 14.5. The maximum atomic E-state index is 14.5. The molecule has 0 spiro atoms. The summed E-state index contributed by atoms with van der Waals surface area (Å²) >= 11 is 0. The zero-order valence-corrected chi connectivity index (χ0v) is 17.9. The van der Waals surface area contributed by atoms with Crippen LogP contribution in [0.4, 0.5) is 42.2 Å². The molecule has 0 aliphatic rings. The number of ether oxygens (including phenoxy) is 2. The first-order valence-corrected chi connectivity index (χ1v) is 9.71. The number of nitrogen functional groups attached to an aromatic ring is 1. The number of nitrogens with two attached hydrogens (primary N) is 1. The number of hydrogen-bond donors (Lipinski definition) is 2. The van der Waals surface area contributed by atoms with Crippen molar-refractivity contribution in [2.75, 3.05) is 31.4 Å². The van der Waals surface area contributed by atoms with Crippen LogP contribution in [0, 0.1) is 12.7 Å². The van der Waals surface area contributed by atoms with E-state index in [0.29, 0.717) is 6.07 Å². The molecule has 0 bridgehead atoms. The number of aromatic nitrogens is 2. The lowest BCUT2D eigenvalue weighted by molar-refractivity contribution is -0.140. The fourth-order valence-corrected chi connectivity index (χ4v) is 3.21. The minimum Gasteiger partial charge on any atom is -0.491 e. The second-order valence-electron chi connectivity index (χ2n) is 7.22. The number of nitrogens with one attached hydrogen (secondary N) is 1. The number of nitrogens with zero attached hydrogens (tertiary/aromatic N) is 2. The first kappa shape index (κ1) is 25.3. The molecule has 1 heterocycles. The van der Waals surface area contributed by atoms with Gasteiger partial charge < -0.3 is 20.5 Å². The van der Waals surface area contributed by atoms with Crippen LogP contribution in [0.1, 0.15) is 22.5 Å². The summed E-state index contributed by atoms with van der Waals surface area (Å²) in [6.07, 6.45) is -9.71. The van der Waals surface area contributed by atoms with E-state index in [9.17, 15) is 30.7 Å². The van der Waals surface area contributed by atoms with Gasteiger partial charge in [0, 0.05) is 30.3 Å². The third-order valence-electron chi connectivity index (χ3n) is 4.68. The van der Waals surface area contributed by atoms with Crippen molar-refractivity contribution in [3.05, 3.63) is 52.6 Å². The molecule has 0 unspecified atom stereocenters. The smallest absolute Gasteiger partial charge is 0.420 e. The lowest BCUT2D eigenvalue weighted by Crippen LogP contribution is -2.14. The molecular weight excluding hydrogens is 473 g/mol. The van der Waals surface area contributed by atoms with E-state index >= 15 is 0 Å². The molecule has 6 nitrogen and oxygen atoms in total. The highest BCUT2D eigenvalue weighted by Crippen LogP contribution is 2.40. The molecule has 34 heavy (non-hydrogen) atoms. The first-order valence-electron chi connectivity index (χ1n) is 9.71. The van der Waals surface area contributed by atoms with Gasteiger partial charge in [-0.1, -0.05) is 0 Å². The van der Waals surface area contributed by atoms with Crippen molar-refractivity contribution in [1.82, 2.24) is 9.97 Å². The van der Waals surface area contributed by atoms with Gasteiger partial charge in [0.1, 0.15) is 29.8 Å². The molecule has 3 N–H and O–H groups in total. The van der Waals surface area contributed by atoms with E-state index in [1.807, 2.05) is 0 Å². The summed E-state index contributed by atoms with van der Waals surface area (Å²) in [5, 5.41) is 2.76. The zero-order chi connectivity index (χ0) is 25.3. The van der Waals surface area contributed by atoms with Crippen LogP contribution in [-0.2, 0) is 23.6 Å². The quantitative estimate of drug-likeness (QED) is 0.264. The Kier molecular flexibility index (Phi) is 7.05. The van der Waals surface area contributed by atoms with Crippen molar-refractivity contribution in [3.63, 3.8) is 0 Å². The van der Waals surface area contributed by atoms with E-state index in [1.165, 1.54) is 14.0 Å². The van der Waals surface area contributed by atoms with Gasteiger partial charge in [-0.25, -0.2) is 14.4 Å². The van der Waals surface area contributed by atoms with Gasteiger partial charge in [0.15, 0.2) is 0 Å². The molecule has 0 radical (unpaired) electrons. The van der Waals surface area contributed by atoms with E-state index in [4.69, 9.17) is 15.2 Å². The zero-order valence-electron chi connectivity index (χ0n) is 17.9. The lowest BCUT2D eigenvalue weighted by atomic mass is 10.1. The minimum absolute atomic E-state index is 0.0248. The Labute approximate surface area is 188 Å². The molecule has 0 amide bonds. The third-order valence-corrected chi connectivity index (χ3v) is 4.68. The van der Waals surface area contributed by atoms with Crippen molar-refractivity contribution in [2.45, 2.75) is 25.8 Å². The van der Waals surface area contributed by atoms with Crippen LogP contribution < -0.4 is 15.8 Å². The monoisotopic (exact) mass is 492 g/mol. The molecule has 0 saturated carbocycles. The van der Waals surface area contributed by atoms with Gasteiger partial charge >= 0.3 is 12.4 Å².